The highest BCUT2D eigenvalue weighted by molar-refractivity contribution is 5.89. The molecule has 10 heteroatoms. The Hall–Kier alpha value is -4.60. The van der Waals surface area contributed by atoms with Crippen LogP contribution in [-0.4, -0.2) is 43.9 Å². The molecule has 0 saturated heterocycles. The van der Waals surface area contributed by atoms with E-state index in [4.69, 9.17) is 9.15 Å². The molecule has 40 heavy (non-hydrogen) atoms. The number of ketones is 1. The van der Waals surface area contributed by atoms with Crippen LogP contribution in [0.2, 0.25) is 0 Å². The lowest BCUT2D eigenvalue weighted by Crippen LogP contribution is -2.30. The van der Waals surface area contributed by atoms with E-state index in [1.165, 1.54) is 0 Å². The molecule has 1 atom stereocenters. The smallest absolute Gasteiger partial charge is 0.266 e. The van der Waals surface area contributed by atoms with Crippen molar-refractivity contribution in [2.75, 3.05) is 7.11 Å². The van der Waals surface area contributed by atoms with Gasteiger partial charge in [0.15, 0.2) is 0 Å². The largest absolute Gasteiger partial charge is 0.496 e. The number of H-pyrrole nitrogens is 1. The molecule has 1 unspecified atom stereocenters. The van der Waals surface area contributed by atoms with Gasteiger partial charge >= 0.3 is 0 Å². The molecule has 4 aromatic heterocycles. The molecule has 0 aliphatic rings. The van der Waals surface area contributed by atoms with Crippen LogP contribution in [0.4, 0.5) is 0 Å². The normalized spacial score (nSPS) is 12.1. The molecule has 0 saturated carbocycles. The van der Waals surface area contributed by atoms with Crippen LogP contribution in [0, 0.1) is 0 Å². The highest BCUT2D eigenvalue weighted by Gasteiger charge is 2.23. The van der Waals surface area contributed by atoms with Crippen LogP contribution >= 0.6 is 0 Å². The second-order valence-electron chi connectivity index (χ2n) is 9.70. The van der Waals surface area contributed by atoms with Crippen LogP contribution in [0.15, 0.2) is 59.4 Å². The van der Waals surface area contributed by atoms with Crippen molar-refractivity contribution in [3.05, 3.63) is 66.4 Å². The van der Waals surface area contributed by atoms with Gasteiger partial charge < -0.3 is 19.5 Å². The molecule has 0 spiro atoms. The summed E-state index contributed by atoms with van der Waals surface area (Å²) < 4.78 is 11.6. The zero-order valence-electron chi connectivity index (χ0n) is 22.6. The standard InChI is InChI=1S/C30H32N6O4/c1-3-20(37)9-5-4-6-12-25(34-28(38)15-19-17-32-23-13-14-31-18-22(19)23)29-35-36-30(40-29)26-16-27(39-2)21-10-7-8-11-24(21)33-26/h7-8,10-11,13-14,16-18,25,32H,3-6,9,12,15H2,1-2H3,(H,34,38). The Labute approximate surface area is 231 Å². The fraction of sp³-hybridized carbons (Fsp3) is 0.333. The van der Waals surface area contributed by atoms with E-state index in [0.29, 0.717) is 36.6 Å². The minimum absolute atomic E-state index is 0.166. The fourth-order valence-corrected chi connectivity index (χ4v) is 4.77. The maximum atomic E-state index is 13.2. The van der Waals surface area contributed by atoms with E-state index in [2.05, 4.69) is 30.5 Å². The topological polar surface area (TPSA) is 136 Å². The number of methoxy groups -OCH3 is 1. The number of benzene rings is 1. The molecule has 0 bridgehead atoms. The van der Waals surface area contributed by atoms with E-state index in [1.54, 1.807) is 25.6 Å². The van der Waals surface area contributed by atoms with Crippen LogP contribution in [0.5, 0.6) is 5.75 Å². The lowest BCUT2D eigenvalue weighted by atomic mass is 10.0. The van der Waals surface area contributed by atoms with Gasteiger partial charge in [0.2, 0.25) is 11.8 Å². The van der Waals surface area contributed by atoms with Gasteiger partial charge in [-0.15, -0.1) is 10.2 Å². The number of unbranched alkanes of at least 4 members (excludes halogenated alkanes) is 2. The maximum Gasteiger partial charge on any atom is 0.266 e. The van der Waals surface area contributed by atoms with E-state index in [0.717, 1.165) is 46.6 Å². The zero-order valence-corrected chi connectivity index (χ0v) is 22.6. The van der Waals surface area contributed by atoms with Gasteiger partial charge in [-0.1, -0.05) is 31.9 Å². The highest BCUT2D eigenvalue weighted by atomic mass is 16.5. The lowest BCUT2D eigenvalue weighted by molar-refractivity contribution is -0.121. The Morgan fingerprint density at radius 2 is 1.98 bits per heavy atom. The van der Waals surface area contributed by atoms with Crippen LogP contribution in [0.3, 0.4) is 0 Å². The van der Waals surface area contributed by atoms with E-state index < -0.39 is 6.04 Å². The number of amides is 1. The quantitative estimate of drug-likeness (QED) is 0.187. The molecule has 206 valence electrons. The van der Waals surface area contributed by atoms with Crippen LogP contribution < -0.4 is 10.1 Å². The number of aromatic amines is 1. The van der Waals surface area contributed by atoms with Gasteiger partial charge in [-0.05, 0) is 36.6 Å². The Morgan fingerprint density at radius 3 is 2.83 bits per heavy atom. The summed E-state index contributed by atoms with van der Waals surface area (Å²) in [4.78, 5) is 36.9. The molecule has 5 rings (SSSR count). The predicted octanol–water partition coefficient (Wildman–Crippen LogP) is 5.50. The van der Waals surface area contributed by atoms with Crippen LogP contribution in [0.25, 0.3) is 33.4 Å². The van der Waals surface area contributed by atoms with Gasteiger partial charge in [0.05, 0.1) is 19.0 Å². The summed E-state index contributed by atoms with van der Waals surface area (Å²) in [6.45, 7) is 1.88. The number of nitrogens with one attached hydrogen (secondary N) is 2. The van der Waals surface area contributed by atoms with Gasteiger partial charge in [0.25, 0.3) is 5.89 Å². The van der Waals surface area contributed by atoms with Crippen molar-refractivity contribution < 1.29 is 18.7 Å². The summed E-state index contributed by atoms with van der Waals surface area (Å²) in [6.07, 6.45) is 9.65. The summed E-state index contributed by atoms with van der Waals surface area (Å²) >= 11 is 0. The minimum Gasteiger partial charge on any atom is -0.496 e. The first-order chi connectivity index (χ1) is 19.6. The summed E-state index contributed by atoms with van der Waals surface area (Å²) in [6, 6.07) is 10.8. The van der Waals surface area contributed by atoms with Crippen molar-refractivity contribution >= 4 is 33.5 Å². The fourth-order valence-electron chi connectivity index (χ4n) is 4.77. The first kappa shape index (κ1) is 27.0. The van der Waals surface area contributed by atoms with Crippen LogP contribution in [0.1, 0.15) is 62.9 Å². The first-order valence-corrected chi connectivity index (χ1v) is 13.5. The molecule has 0 aliphatic carbocycles. The maximum absolute atomic E-state index is 13.2. The molecule has 0 fully saturated rings. The number of rotatable bonds is 13. The zero-order chi connectivity index (χ0) is 27.9. The molecule has 1 amide bonds. The first-order valence-electron chi connectivity index (χ1n) is 13.5. The Morgan fingerprint density at radius 1 is 1.10 bits per heavy atom. The monoisotopic (exact) mass is 540 g/mol. The van der Waals surface area contributed by atoms with Gasteiger partial charge in [0, 0.05) is 53.8 Å². The molecule has 4 heterocycles. The average Bonchev–Trinajstić information content (AvgIpc) is 3.63. The van der Waals surface area contributed by atoms with Crippen molar-refractivity contribution in [1.82, 2.24) is 30.5 Å². The summed E-state index contributed by atoms with van der Waals surface area (Å²) in [7, 11) is 1.61. The van der Waals surface area contributed by atoms with Crippen molar-refractivity contribution in [1.29, 1.82) is 0 Å². The van der Waals surface area contributed by atoms with Gasteiger partial charge in [0.1, 0.15) is 23.3 Å². The van der Waals surface area contributed by atoms with Crippen molar-refractivity contribution in [3.8, 4) is 17.3 Å². The molecule has 2 N–H and O–H groups in total. The third-order valence-electron chi connectivity index (χ3n) is 6.95. The van der Waals surface area contributed by atoms with Gasteiger partial charge in [-0.25, -0.2) is 4.98 Å². The number of carbonyl (C=O) groups is 2. The van der Waals surface area contributed by atoms with E-state index in [9.17, 15) is 9.59 Å². The van der Waals surface area contributed by atoms with Crippen molar-refractivity contribution in [3.63, 3.8) is 0 Å². The van der Waals surface area contributed by atoms with Gasteiger partial charge in [-0.3, -0.25) is 14.6 Å². The van der Waals surface area contributed by atoms with Gasteiger partial charge in [-0.2, -0.15) is 0 Å². The van der Waals surface area contributed by atoms with Crippen molar-refractivity contribution in [2.24, 2.45) is 0 Å². The second-order valence-corrected chi connectivity index (χ2v) is 9.70. The number of hydrogen-bond donors (Lipinski definition) is 2. The number of aromatic nitrogens is 5. The number of carbonyl (C=O) groups excluding carboxylic acids is 2. The molecular weight excluding hydrogens is 508 g/mol. The SMILES string of the molecule is CCC(=O)CCCCCC(NC(=O)Cc1c[nH]c2ccncc12)c1nnc(-c2cc(OC)c3ccccc3n2)o1. The van der Waals surface area contributed by atoms with Crippen LogP contribution in [-0.2, 0) is 16.0 Å². The summed E-state index contributed by atoms with van der Waals surface area (Å²) in [5.74, 6) is 1.30. The van der Waals surface area contributed by atoms with Crippen molar-refractivity contribution in [2.45, 2.75) is 57.9 Å². The minimum atomic E-state index is -0.485. The summed E-state index contributed by atoms with van der Waals surface area (Å²) in [5.41, 5.74) is 3.02. The Balaban J connectivity index is 1.34. The molecule has 0 radical (unpaired) electrons. The second kappa shape index (κ2) is 12.5. The molecule has 10 nitrogen and oxygen atoms in total. The third-order valence-corrected chi connectivity index (χ3v) is 6.95. The average molecular weight is 541 g/mol. The molecule has 5 aromatic rings. The van der Waals surface area contributed by atoms with E-state index in [1.807, 2.05) is 43.5 Å². The number of fused-ring (bicyclic) bond motifs is 2. The predicted molar refractivity (Wildman–Crippen MR) is 151 cm³/mol. The Bertz CT molecular complexity index is 1630. The molecule has 0 aliphatic heterocycles. The number of hydrogen-bond acceptors (Lipinski definition) is 8. The number of Topliss-reactive ketones (excluding diaryl/α,β-unsaturated/α-hetero) is 1. The number of nitrogens with zero attached hydrogens (tertiary/aromatic N) is 4. The highest BCUT2D eigenvalue weighted by Crippen LogP contribution is 2.30. The molecule has 1 aromatic carbocycles. The number of para-hydroxylation sites is 1. The lowest BCUT2D eigenvalue weighted by Gasteiger charge is -2.15. The Kier molecular flexibility index (Phi) is 8.44. The summed E-state index contributed by atoms with van der Waals surface area (Å²) in [5, 5.41) is 13.4. The number of pyridine rings is 2. The third kappa shape index (κ3) is 6.17. The van der Waals surface area contributed by atoms with E-state index in [-0.39, 0.29) is 24.0 Å². The van der Waals surface area contributed by atoms with E-state index >= 15 is 0 Å². The molecular formula is C30H32N6O4. The number of ether oxygens (including phenoxy) is 1.